The number of hydrogen-bond acceptors (Lipinski definition) is 2. The Morgan fingerprint density at radius 1 is 1.21 bits per heavy atom. The zero-order valence-corrected chi connectivity index (χ0v) is 15.9. The first-order valence-electron chi connectivity index (χ1n) is 9.52. The number of carbonyl (C=O) groups excluding carboxylic acids is 1. The second kappa shape index (κ2) is 8.55. The zero-order chi connectivity index (χ0) is 17.7. The van der Waals surface area contributed by atoms with Crippen molar-refractivity contribution in [2.75, 3.05) is 0 Å². The van der Waals surface area contributed by atoms with Gasteiger partial charge in [-0.1, -0.05) is 44.0 Å². The van der Waals surface area contributed by atoms with Crippen LogP contribution in [0.15, 0.2) is 24.3 Å². The summed E-state index contributed by atoms with van der Waals surface area (Å²) < 4.78 is 6.10. The highest BCUT2D eigenvalue weighted by Crippen LogP contribution is 2.40. The summed E-state index contributed by atoms with van der Waals surface area (Å²) in [5.74, 6) is 0.435. The Morgan fingerprint density at radius 3 is 2.50 bits per heavy atom. The van der Waals surface area contributed by atoms with E-state index >= 15 is 0 Å². The summed E-state index contributed by atoms with van der Waals surface area (Å²) in [6.07, 6.45) is 5.43. The molecular formula is C21H33NO2. The topological polar surface area (TPSA) is 29.5 Å². The van der Waals surface area contributed by atoms with E-state index in [2.05, 4.69) is 31.2 Å². The third-order valence-corrected chi connectivity index (χ3v) is 5.05. The minimum absolute atomic E-state index is 0.103. The maximum Gasteiger partial charge on any atom is 0.410 e. The molecule has 1 aliphatic carbocycles. The molecule has 0 radical (unpaired) electrons. The molecule has 1 aromatic carbocycles. The van der Waals surface area contributed by atoms with Crippen LogP contribution in [0.1, 0.15) is 77.5 Å². The third-order valence-electron chi connectivity index (χ3n) is 5.05. The predicted molar refractivity (Wildman–Crippen MR) is 99.1 cm³/mol. The van der Waals surface area contributed by atoms with Gasteiger partial charge in [-0.05, 0) is 58.1 Å². The lowest BCUT2D eigenvalue weighted by Gasteiger charge is -2.37. The lowest BCUT2D eigenvalue weighted by Crippen LogP contribution is -2.43. The van der Waals surface area contributed by atoms with Crippen LogP contribution in [0.4, 0.5) is 4.79 Å². The van der Waals surface area contributed by atoms with Crippen LogP contribution in [0, 0.1) is 5.92 Å². The highest BCUT2D eigenvalue weighted by Gasteiger charge is 2.34. The molecule has 0 aliphatic heterocycles. The second-order valence-corrected chi connectivity index (χ2v) is 7.54. The number of rotatable bonds is 6. The summed E-state index contributed by atoms with van der Waals surface area (Å²) in [4.78, 5) is 14.7. The number of aryl methyl sites for hydroxylation is 1. The van der Waals surface area contributed by atoms with Gasteiger partial charge in [0.2, 0.25) is 0 Å². The van der Waals surface area contributed by atoms with Gasteiger partial charge in [0.05, 0.1) is 0 Å². The van der Waals surface area contributed by atoms with Crippen molar-refractivity contribution < 1.29 is 9.53 Å². The molecule has 3 nitrogen and oxygen atoms in total. The lowest BCUT2D eigenvalue weighted by atomic mass is 9.79. The van der Waals surface area contributed by atoms with Crippen molar-refractivity contribution in [3.63, 3.8) is 0 Å². The molecule has 0 saturated heterocycles. The Morgan fingerprint density at radius 2 is 1.88 bits per heavy atom. The van der Waals surface area contributed by atoms with E-state index < -0.39 is 0 Å². The molecule has 0 N–H and O–H groups in total. The summed E-state index contributed by atoms with van der Waals surface area (Å²) in [5, 5.41) is 0. The van der Waals surface area contributed by atoms with E-state index in [1.807, 2.05) is 32.6 Å². The fourth-order valence-corrected chi connectivity index (χ4v) is 3.89. The van der Waals surface area contributed by atoms with Crippen LogP contribution in [-0.4, -0.2) is 23.1 Å². The van der Waals surface area contributed by atoms with Gasteiger partial charge in [0.1, 0.15) is 6.10 Å². The largest absolute Gasteiger partial charge is 0.441 e. The molecule has 1 amide bonds. The Balaban J connectivity index is 2.23. The van der Waals surface area contributed by atoms with Crippen molar-refractivity contribution in [2.24, 2.45) is 5.92 Å². The van der Waals surface area contributed by atoms with E-state index in [-0.39, 0.29) is 24.3 Å². The van der Waals surface area contributed by atoms with E-state index in [1.54, 1.807) is 0 Å². The molecule has 3 heteroatoms. The third kappa shape index (κ3) is 4.31. The molecule has 0 aromatic heterocycles. The quantitative estimate of drug-likeness (QED) is 0.665. The molecule has 0 spiro atoms. The Labute approximate surface area is 147 Å². The summed E-state index contributed by atoms with van der Waals surface area (Å²) in [6, 6.07) is 8.74. The van der Waals surface area contributed by atoms with Gasteiger partial charge in [0, 0.05) is 18.0 Å². The second-order valence-electron chi connectivity index (χ2n) is 7.54. The summed E-state index contributed by atoms with van der Waals surface area (Å²) >= 11 is 0. The van der Waals surface area contributed by atoms with E-state index in [9.17, 15) is 4.79 Å². The fraction of sp³-hybridized carbons (Fsp3) is 0.667. The molecule has 2 atom stereocenters. The number of fused-ring (bicyclic) bond motifs is 1. The predicted octanol–water partition coefficient (Wildman–Crippen LogP) is 5.74. The first-order chi connectivity index (χ1) is 11.5. The Kier molecular flexibility index (Phi) is 6.70. The zero-order valence-electron chi connectivity index (χ0n) is 15.9. The molecule has 1 aliphatic rings. The molecule has 0 saturated carbocycles. The van der Waals surface area contributed by atoms with Crippen molar-refractivity contribution in [1.82, 2.24) is 4.90 Å². The van der Waals surface area contributed by atoms with Crippen LogP contribution in [0.5, 0.6) is 0 Å². The molecular weight excluding hydrogens is 298 g/mol. The van der Waals surface area contributed by atoms with Gasteiger partial charge in [-0.15, -0.1) is 0 Å². The number of ether oxygens (including phenoxy) is 1. The van der Waals surface area contributed by atoms with Crippen LogP contribution >= 0.6 is 0 Å². The first-order valence-corrected chi connectivity index (χ1v) is 9.52. The molecule has 0 bridgehead atoms. The van der Waals surface area contributed by atoms with E-state index in [4.69, 9.17) is 4.74 Å². The smallest absolute Gasteiger partial charge is 0.410 e. The molecule has 1 aromatic rings. The lowest BCUT2D eigenvalue weighted by molar-refractivity contribution is 0.0117. The Hall–Kier alpha value is -1.51. The van der Waals surface area contributed by atoms with Gasteiger partial charge < -0.3 is 9.64 Å². The summed E-state index contributed by atoms with van der Waals surface area (Å²) in [6.45, 7) is 10.4. The van der Waals surface area contributed by atoms with Crippen LogP contribution in [0.25, 0.3) is 0 Å². The number of benzene rings is 1. The summed E-state index contributed by atoms with van der Waals surface area (Å²) in [5.41, 5.74) is 2.55. The number of unbranched alkanes of at least 4 members (excludes halogenated alkanes) is 1. The van der Waals surface area contributed by atoms with Crippen LogP contribution < -0.4 is 0 Å². The molecule has 24 heavy (non-hydrogen) atoms. The van der Waals surface area contributed by atoms with Gasteiger partial charge in [0.25, 0.3) is 0 Å². The highest BCUT2D eigenvalue weighted by molar-refractivity contribution is 5.69. The normalized spacial score (nSPS) is 20.1. The van der Waals surface area contributed by atoms with Gasteiger partial charge >= 0.3 is 6.09 Å². The maximum atomic E-state index is 12.8. The van der Waals surface area contributed by atoms with Crippen LogP contribution in [-0.2, 0) is 11.2 Å². The highest BCUT2D eigenvalue weighted by atomic mass is 16.6. The molecule has 2 rings (SSSR count). The van der Waals surface area contributed by atoms with Gasteiger partial charge in [-0.2, -0.15) is 0 Å². The Bertz CT molecular complexity index is 530. The van der Waals surface area contributed by atoms with Gasteiger partial charge in [-0.3, -0.25) is 0 Å². The van der Waals surface area contributed by atoms with Crippen molar-refractivity contribution >= 4 is 6.09 Å². The molecule has 0 unspecified atom stereocenters. The molecule has 0 heterocycles. The van der Waals surface area contributed by atoms with E-state index in [0.29, 0.717) is 5.92 Å². The molecule has 134 valence electrons. The monoisotopic (exact) mass is 331 g/mol. The van der Waals surface area contributed by atoms with Gasteiger partial charge in [-0.25, -0.2) is 4.79 Å². The first kappa shape index (κ1) is 18.8. The van der Waals surface area contributed by atoms with Gasteiger partial charge in [0.15, 0.2) is 0 Å². The van der Waals surface area contributed by atoms with Crippen molar-refractivity contribution in [3.8, 4) is 0 Å². The van der Waals surface area contributed by atoms with E-state index in [0.717, 1.165) is 19.3 Å². The van der Waals surface area contributed by atoms with Crippen LogP contribution in [0.2, 0.25) is 0 Å². The summed E-state index contributed by atoms with van der Waals surface area (Å²) in [7, 11) is 0. The molecule has 0 fully saturated rings. The van der Waals surface area contributed by atoms with Crippen molar-refractivity contribution in [1.29, 1.82) is 0 Å². The number of nitrogens with zero attached hydrogens (tertiary/aromatic N) is 1. The average Bonchev–Trinajstić information content (AvgIpc) is 2.53. The number of carbonyl (C=O) groups is 1. The number of amides is 1. The van der Waals surface area contributed by atoms with Crippen LogP contribution in [0.3, 0.4) is 0 Å². The number of hydrogen-bond donors (Lipinski definition) is 0. The SMILES string of the molecule is CCCC[C@H]1CCc2ccccc2[C@@H]1OC(=O)N(C(C)C)C(C)C. The minimum Gasteiger partial charge on any atom is -0.441 e. The van der Waals surface area contributed by atoms with E-state index in [1.165, 1.54) is 24.0 Å². The standard InChI is InChI=1S/C21H33NO2/c1-6-7-10-18-14-13-17-11-8-9-12-19(17)20(18)24-21(23)22(15(2)3)16(4)5/h8-9,11-12,15-16,18,20H,6-7,10,13-14H2,1-5H3/t18-,20+/m0/s1. The van der Waals surface area contributed by atoms with Crippen molar-refractivity contribution in [3.05, 3.63) is 35.4 Å². The average molecular weight is 332 g/mol. The maximum absolute atomic E-state index is 12.8. The minimum atomic E-state index is -0.178. The fourth-order valence-electron chi connectivity index (χ4n) is 3.89. The van der Waals surface area contributed by atoms with Crippen molar-refractivity contribution in [2.45, 2.75) is 84.9 Å².